The van der Waals surface area contributed by atoms with Crippen LogP contribution in [0.25, 0.3) is 0 Å². The Bertz CT molecular complexity index is 938. The highest BCUT2D eigenvalue weighted by Crippen LogP contribution is 2.36. The Labute approximate surface area is 175 Å². The molecule has 0 aliphatic carbocycles. The van der Waals surface area contributed by atoms with Gasteiger partial charge in [-0.15, -0.1) is 5.06 Å². The Balaban J connectivity index is 1.29. The van der Waals surface area contributed by atoms with E-state index in [4.69, 9.17) is 19.1 Å². The van der Waals surface area contributed by atoms with E-state index in [-0.39, 0.29) is 5.60 Å². The average Bonchev–Trinajstić information content (AvgIpc) is 3.19. The van der Waals surface area contributed by atoms with Crippen molar-refractivity contribution >= 4 is 17.5 Å². The first kappa shape index (κ1) is 20.0. The SMILES string of the molecule is COc1cccc(C2=NOC3(CCN(OC(=O)Nc4ccccc4OC)CC3)C2)c1. The third-order valence-corrected chi connectivity index (χ3v) is 5.43. The lowest BCUT2D eigenvalue weighted by atomic mass is 9.86. The van der Waals surface area contributed by atoms with Crippen LogP contribution in [0, 0.1) is 0 Å². The number of anilines is 1. The van der Waals surface area contributed by atoms with Gasteiger partial charge in [-0.3, -0.25) is 5.32 Å². The second-order valence-electron chi connectivity index (χ2n) is 7.35. The molecule has 2 aliphatic heterocycles. The van der Waals surface area contributed by atoms with Crippen LogP contribution >= 0.6 is 0 Å². The van der Waals surface area contributed by atoms with Crippen molar-refractivity contribution in [2.75, 3.05) is 32.6 Å². The first-order chi connectivity index (χ1) is 14.6. The number of oxime groups is 1. The van der Waals surface area contributed by atoms with Gasteiger partial charge in [-0.05, 0) is 24.3 Å². The Morgan fingerprint density at radius 1 is 1.10 bits per heavy atom. The van der Waals surface area contributed by atoms with E-state index in [0.29, 0.717) is 37.4 Å². The Morgan fingerprint density at radius 2 is 1.90 bits per heavy atom. The van der Waals surface area contributed by atoms with Crippen molar-refractivity contribution in [1.82, 2.24) is 5.06 Å². The summed E-state index contributed by atoms with van der Waals surface area (Å²) in [5, 5.41) is 8.70. The molecule has 0 aromatic heterocycles. The summed E-state index contributed by atoms with van der Waals surface area (Å²) in [7, 11) is 3.20. The molecule has 8 nitrogen and oxygen atoms in total. The summed E-state index contributed by atoms with van der Waals surface area (Å²) in [5.41, 5.74) is 2.13. The number of amides is 1. The van der Waals surface area contributed by atoms with Crippen molar-refractivity contribution in [3.8, 4) is 11.5 Å². The second-order valence-corrected chi connectivity index (χ2v) is 7.35. The van der Waals surface area contributed by atoms with Crippen LogP contribution < -0.4 is 14.8 Å². The van der Waals surface area contributed by atoms with Crippen LogP contribution in [0.4, 0.5) is 10.5 Å². The molecule has 2 aromatic rings. The molecular formula is C22H25N3O5. The lowest BCUT2D eigenvalue weighted by Crippen LogP contribution is -2.45. The Kier molecular flexibility index (Phi) is 5.76. The van der Waals surface area contributed by atoms with Crippen LogP contribution in [-0.4, -0.2) is 49.8 Å². The van der Waals surface area contributed by atoms with E-state index in [1.54, 1.807) is 31.4 Å². The summed E-state index contributed by atoms with van der Waals surface area (Å²) >= 11 is 0. The molecule has 1 amide bonds. The Morgan fingerprint density at radius 3 is 2.67 bits per heavy atom. The van der Waals surface area contributed by atoms with Crippen LogP contribution in [0.1, 0.15) is 24.8 Å². The lowest BCUT2D eigenvalue weighted by Gasteiger charge is -2.35. The summed E-state index contributed by atoms with van der Waals surface area (Å²) in [4.78, 5) is 23.6. The van der Waals surface area contributed by atoms with Crippen molar-refractivity contribution in [2.45, 2.75) is 24.9 Å². The molecular weight excluding hydrogens is 386 g/mol. The van der Waals surface area contributed by atoms with Gasteiger partial charge in [0.1, 0.15) is 17.1 Å². The van der Waals surface area contributed by atoms with Gasteiger partial charge < -0.3 is 19.1 Å². The van der Waals surface area contributed by atoms with E-state index in [0.717, 1.165) is 23.4 Å². The first-order valence-corrected chi connectivity index (χ1v) is 9.87. The number of benzene rings is 2. The van der Waals surface area contributed by atoms with Crippen molar-refractivity contribution in [2.24, 2.45) is 5.16 Å². The number of hydroxylamine groups is 2. The maximum Gasteiger partial charge on any atom is 0.430 e. The molecule has 4 rings (SSSR count). The van der Waals surface area contributed by atoms with Gasteiger partial charge in [0.25, 0.3) is 0 Å². The zero-order valence-corrected chi connectivity index (χ0v) is 17.1. The quantitative estimate of drug-likeness (QED) is 0.805. The number of nitrogens with one attached hydrogen (secondary N) is 1. The third-order valence-electron chi connectivity index (χ3n) is 5.43. The maximum absolute atomic E-state index is 12.3. The molecule has 1 N–H and O–H groups in total. The van der Waals surface area contributed by atoms with Gasteiger partial charge in [-0.2, -0.15) is 0 Å². The number of piperidine rings is 1. The van der Waals surface area contributed by atoms with E-state index in [2.05, 4.69) is 10.5 Å². The molecule has 0 atom stereocenters. The number of carbonyl (C=O) groups is 1. The molecule has 2 aromatic carbocycles. The minimum atomic E-state index is -0.545. The number of rotatable bonds is 5. The number of carbonyl (C=O) groups excluding carboxylic acids is 1. The largest absolute Gasteiger partial charge is 0.497 e. The molecule has 1 saturated heterocycles. The van der Waals surface area contributed by atoms with Gasteiger partial charge in [0.2, 0.25) is 0 Å². The molecule has 1 spiro atoms. The van der Waals surface area contributed by atoms with Gasteiger partial charge in [0, 0.05) is 37.9 Å². The van der Waals surface area contributed by atoms with Gasteiger partial charge in [0.05, 0.1) is 25.6 Å². The van der Waals surface area contributed by atoms with Crippen LogP contribution in [-0.2, 0) is 9.68 Å². The van der Waals surface area contributed by atoms with Crippen LogP contribution in [0.2, 0.25) is 0 Å². The fourth-order valence-corrected chi connectivity index (χ4v) is 3.73. The topological polar surface area (TPSA) is 81.6 Å². The zero-order valence-electron chi connectivity index (χ0n) is 17.1. The van der Waals surface area contributed by atoms with E-state index in [1.807, 2.05) is 36.4 Å². The number of hydrogen-bond acceptors (Lipinski definition) is 7. The van der Waals surface area contributed by atoms with E-state index in [1.165, 1.54) is 0 Å². The highest BCUT2D eigenvalue weighted by Gasteiger charge is 2.43. The summed E-state index contributed by atoms with van der Waals surface area (Å²) in [6.45, 7) is 1.14. The molecule has 2 heterocycles. The van der Waals surface area contributed by atoms with Crippen molar-refractivity contribution in [1.29, 1.82) is 0 Å². The molecule has 0 unspecified atom stereocenters. The van der Waals surface area contributed by atoms with Gasteiger partial charge in [0.15, 0.2) is 0 Å². The monoisotopic (exact) mass is 411 g/mol. The number of methoxy groups -OCH3 is 2. The molecule has 8 heteroatoms. The highest BCUT2D eigenvalue weighted by molar-refractivity contribution is 6.02. The minimum Gasteiger partial charge on any atom is -0.497 e. The lowest BCUT2D eigenvalue weighted by molar-refractivity contribution is -0.154. The van der Waals surface area contributed by atoms with Crippen molar-refractivity contribution in [3.63, 3.8) is 0 Å². The Hall–Kier alpha value is -3.26. The predicted molar refractivity (Wildman–Crippen MR) is 112 cm³/mol. The predicted octanol–water partition coefficient (Wildman–Crippen LogP) is 3.83. The molecule has 158 valence electrons. The fourth-order valence-electron chi connectivity index (χ4n) is 3.73. The molecule has 2 aliphatic rings. The summed E-state index contributed by atoms with van der Waals surface area (Å²) in [6, 6.07) is 15.0. The minimum absolute atomic E-state index is 0.350. The van der Waals surface area contributed by atoms with Crippen LogP contribution in [0.15, 0.2) is 53.7 Å². The second kappa shape index (κ2) is 8.62. The zero-order chi connectivity index (χ0) is 21.0. The molecule has 1 fully saturated rings. The number of hydrogen-bond donors (Lipinski definition) is 1. The number of nitrogens with zero attached hydrogens (tertiary/aromatic N) is 2. The van der Waals surface area contributed by atoms with Crippen LogP contribution in [0.3, 0.4) is 0 Å². The van der Waals surface area contributed by atoms with Crippen molar-refractivity contribution in [3.05, 3.63) is 54.1 Å². The smallest absolute Gasteiger partial charge is 0.430 e. The van der Waals surface area contributed by atoms with Gasteiger partial charge in [-0.25, -0.2) is 4.79 Å². The number of para-hydroxylation sites is 2. The standard InChI is InChI=1S/C22H25N3O5/c1-27-17-7-5-6-16(14-17)19-15-22(30-24-19)10-12-25(13-11-22)29-21(26)23-18-8-3-4-9-20(18)28-2/h3-9,14H,10-13,15H2,1-2H3,(H,23,26). The molecule has 0 radical (unpaired) electrons. The van der Waals surface area contributed by atoms with E-state index < -0.39 is 6.09 Å². The van der Waals surface area contributed by atoms with Gasteiger partial charge >= 0.3 is 6.09 Å². The summed E-state index contributed by atoms with van der Waals surface area (Å²) < 4.78 is 10.5. The van der Waals surface area contributed by atoms with E-state index >= 15 is 0 Å². The number of ether oxygens (including phenoxy) is 2. The first-order valence-electron chi connectivity index (χ1n) is 9.87. The molecule has 0 saturated carbocycles. The molecule has 30 heavy (non-hydrogen) atoms. The van der Waals surface area contributed by atoms with Gasteiger partial charge in [-0.1, -0.05) is 29.4 Å². The van der Waals surface area contributed by atoms with E-state index in [9.17, 15) is 4.79 Å². The third kappa shape index (κ3) is 4.33. The highest BCUT2D eigenvalue weighted by atomic mass is 16.7. The average molecular weight is 411 g/mol. The van der Waals surface area contributed by atoms with Crippen molar-refractivity contribution < 1.29 is 23.9 Å². The molecule has 0 bridgehead atoms. The summed E-state index contributed by atoms with van der Waals surface area (Å²) in [5.74, 6) is 1.37. The summed E-state index contributed by atoms with van der Waals surface area (Å²) in [6.07, 6.45) is 1.61. The maximum atomic E-state index is 12.3. The van der Waals surface area contributed by atoms with Crippen LogP contribution in [0.5, 0.6) is 11.5 Å². The normalized spacial score (nSPS) is 17.7. The fraction of sp³-hybridized carbons (Fsp3) is 0.364.